The third-order valence-corrected chi connectivity index (χ3v) is 3.15. The number of ether oxygens (including phenoxy) is 1. The third-order valence-electron chi connectivity index (χ3n) is 3.15. The molecule has 0 fully saturated rings. The van der Waals surface area contributed by atoms with Crippen molar-refractivity contribution in [2.45, 2.75) is 13.5 Å². The summed E-state index contributed by atoms with van der Waals surface area (Å²) < 4.78 is 34.2. The third kappa shape index (κ3) is 2.19. The van der Waals surface area contributed by atoms with Gasteiger partial charge in [0.15, 0.2) is 11.6 Å². The van der Waals surface area contributed by atoms with E-state index in [1.807, 2.05) is 0 Å². The van der Waals surface area contributed by atoms with Crippen molar-refractivity contribution in [1.29, 1.82) is 0 Å². The summed E-state index contributed by atoms with van der Waals surface area (Å²) in [6.07, 6.45) is 0. The second-order valence-electron chi connectivity index (χ2n) is 4.19. The minimum atomic E-state index is -0.627. The predicted molar refractivity (Wildman–Crippen MR) is 67.7 cm³/mol. The van der Waals surface area contributed by atoms with E-state index in [0.29, 0.717) is 11.5 Å². The van der Waals surface area contributed by atoms with Crippen molar-refractivity contribution in [3.8, 4) is 17.0 Å². The van der Waals surface area contributed by atoms with E-state index in [2.05, 4.69) is 4.98 Å². The van der Waals surface area contributed by atoms with Crippen LogP contribution in [0.5, 0.6) is 5.75 Å². The number of nitrogens with zero attached hydrogens (tertiary/aromatic N) is 2. The zero-order valence-corrected chi connectivity index (χ0v) is 11.0. The van der Waals surface area contributed by atoms with E-state index in [1.165, 1.54) is 7.11 Å². The Morgan fingerprint density at radius 2 is 2.00 bits per heavy atom. The van der Waals surface area contributed by atoms with Crippen molar-refractivity contribution >= 4 is 0 Å². The first kappa shape index (κ1) is 13.5. The average molecular weight is 267 g/mol. The van der Waals surface area contributed by atoms with Crippen LogP contribution in [0.25, 0.3) is 11.3 Å². The number of nitrogens with two attached hydrogens (primary N) is 1. The highest BCUT2D eigenvalue weighted by Crippen LogP contribution is 2.30. The van der Waals surface area contributed by atoms with E-state index < -0.39 is 11.6 Å². The van der Waals surface area contributed by atoms with Crippen molar-refractivity contribution in [3.63, 3.8) is 0 Å². The van der Waals surface area contributed by atoms with E-state index in [4.69, 9.17) is 10.5 Å². The summed E-state index contributed by atoms with van der Waals surface area (Å²) in [7, 11) is 3.07. The number of aromatic nitrogens is 2. The Labute approximate surface area is 109 Å². The van der Waals surface area contributed by atoms with E-state index >= 15 is 0 Å². The molecule has 0 aliphatic carbocycles. The first-order valence-corrected chi connectivity index (χ1v) is 5.75. The predicted octanol–water partition coefficient (Wildman–Crippen LogP) is 2.14. The molecule has 6 heteroatoms. The Hall–Kier alpha value is -1.95. The summed E-state index contributed by atoms with van der Waals surface area (Å²) >= 11 is 0. The van der Waals surface area contributed by atoms with Gasteiger partial charge in [-0.3, -0.25) is 0 Å². The monoisotopic (exact) mass is 267 g/mol. The molecule has 19 heavy (non-hydrogen) atoms. The molecule has 0 aliphatic rings. The number of benzene rings is 1. The number of imidazole rings is 1. The highest BCUT2D eigenvalue weighted by atomic mass is 19.1. The molecule has 0 aliphatic heterocycles. The minimum Gasteiger partial charge on any atom is -0.494 e. The summed E-state index contributed by atoms with van der Waals surface area (Å²) in [4.78, 5) is 4.25. The standard InChI is InChI=1S/C13H15F2N3O/c1-7-13(17-12(6-16)18(7)2)8-4-10(15)11(19-3)5-9(8)14/h4-5H,6,16H2,1-3H3. The molecular formula is C13H15F2N3O. The molecular weight excluding hydrogens is 252 g/mol. The van der Waals surface area contributed by atoms with Gasteiger partial charge in [0.1, 0.15) is 11.6 Å². The van der Waals surface area contributed by atoms with Gasteiger partial charge in [0, 0.05) is 24.4 Å². The fourth-order valence-electron chi connectivity index (χ4n) is 1.94. The van der Waals surface area contributed by atoms with Crippen LogP contribution in [0.1, 0.15) is 11.5 Å². The van der Waals surface area contributed by atoms with Gasteiger partial charge in [0.25, 0.3) is 0 Å². The van der Waals surface area contributed by atoms with Gasteiger partial charge in [0.2, 0.25) is 0 Å². The molecule has 0 atom stereocenters. The van der Waals surface area contributed by atoms with Crippen LogP contribution in [0, 0.1) is 18.6 Å². The molecule has 0 spiro atoms. The molecule has 0 unspecified atom stereocenters. The number of methoxy groups -OCH3 is 1. The van der Waals surface area contributed by atoms with Crippen LogP contribution in [-0.2, 0) is 13.6 Å². The van der Waals surface area contributed by atoms with Gasteiger partial charge in [0.05, 0.1) is 19.3 Å². The average Bonchev–Trinajstić information content (AvgIpc) is 2.68. The summed E-state index contributed by atoms with van der Waals surface area (Å²) in [5, 5.41) is 0. The van der Waals surface area contributed by atoms with Crippen molar-refractivity contribution in [2.75, 3.05) is 7.11 Å². The lowest BCUT2D eigenvalue weighted by atomic mass is 10.1. The van der Waals surface area contributed by atoms with Crippen LogP contribution < -0.4 is 10.5 Å². The molecule has 102 valence electrons. The Morgan fingerprint density at radius 1 is 1.32 bits per heavy atom. The molecule has 1 aromatic carbocycles. The van der Waals surface area contributed by atoms with E-state index in [-0.39, 0.29) is 17.9 Å². The summed E-state index contributed by atoms with van der Waals surface area (Å²) in [5.41, 5.74) is 6.77. The Balaban J connectivity index is 2.62. The fraction of sp³-hybridized carbons (Fsp3) is 0.308. The maximum Gasteiger partial charge on any atom is 0.165 e. The van der Waals surface area contributed by atoms with E-state index in [1.54, 1.807) is 18.5 Å². The lowest BCUT2D eigenvalue weighted by molar-refractivity contribution is 0.383. The van der Waals surface area contributed by atoms with Crippen molar-refractivity contribution in [2.24, 2.45) is 12.8 Å². The molecule has 2 aromatic rings. The van der Waals surface area contributed by atoms with Gasteiger partial charge < -0.3 is 15.0 Å². The Kier molecular flexibility index (Phi) is 3.53. The summed E-state index contributed by atoms with van der Waals surface area (Å²) in [5.74, 6) is -0.724. The number of rotatable bonds is 3. The quantitative estimate of drug-likeness (QED) is 0.927. The molecule has 2 rings (SSSR count). The first-order chi connectivity index (χ1) is 8.99. The fourth-order valence-corrected chi connectivity index (χ4v) is 1.94. The molecule has 1 heterocycles. The molecule has 0 saturated heterocycles. The number of hydrogen-bond acceptors (Lipinski definition) is 3. The van der Waals surface area contributed by atoms with Crippen LogP contribution in [0.15, 0.2) is 12.1 Å². The van der Waals surface area contributed by atoms with Crippen molar-refractivity contribution in [3.05, 3.63) is 35.3 Å². The van der Waals surface area contributed by atoms with E-state index in [0.717, 1.165) is 17.8 Å². The summed E-state index contributed by atoms with van der Waals surface area (Å²) in [6.45, 7) is 2.01. The zero-order chi connectivity index (χ0) is 14.2. The van der Waals surface area contributed by atoms with Crippen LogP contribution in [0.3, 0.4) is 0 Å². The number of hydrogen-bond donors (Lipinski definition) is 1. The normalized spacial score (nSPS) is 10.8. The van der Waals surface area contributed by atoms with Crippen LogP contribution in [-0.4, -0.2) is 16.7 Å². The molecule has 0 radical (unpaired) electrons. The largest absolute Gasteiger partial charge is 0.494 e. The first-order valence-electron chi connectivity index (χ1n) is 5.75. The smallest absolute Gasteiger partial charge is 0.165 e. The maximum absolute atomic E-state index is 14.0. The highest BCUT2D eigenvalue weighted by molar-refractivity contribution is 5.64. The SMILES string of the molecule is COc1cc(F)c(-c2nc(CN)n(C)c2C)cc1F. The van der Waals surface area contributed by atoms with Gasteiger partial charge in [-0.15, -0.1) is 0 Å². The lowest BCUT2D eigenvalue weighted by Gasteiger charge is -2.06. The molecule has 4 nitrogen and oxygen atoms in total. The molecule has 0 amide bonds. The van der Waals surface area contributed by atoms with Crippen LogP contribution in [0.4, 0.5) is 8.78 Å². The van der Waals surface area contributed by atoms with Gasteiger partial charge in [-0.05, 0) is 13.0 Å². The van der Waals surface area contributed by atoms with Gasteiger partial charge in [-0.1, -0.05) is 0 Å². The zero-order valence-electron chi connectivity index (χ0n) is 11.0. The second-order valence-corrected chi connectivity index (χ2v) is 4.19. The van der Waals surface area contributed by atoms with Gasteiger partial charge in [-0.2, -0.15) is 0 Å². The molecule has 2 N–H and O–H groups in total. The molecule has 0 bridgehead atoms. The maximum atomic E-state index is 14.0. The van der Waals surface area contributed by atoms with Gasteiger partial charge >= 0.3 is 0 Å². The Bertz CT molecular complexity index is 623. The molecule has 1 aromatic heterocycles. The van der Waals surface area contributed by atoms with Crippen LogP contribution in [0.2, 0.25) is 0 Å². The second kappa shape index (κ2) is 4.97. The van der Waals surface area contributed by atoms with Gasteiger partial charge in [-0.25, -0.2) is 13.8 Å². The highest BCUT2D eigenvalue weighted by Gasteiger charge is 2.18. The Morgan fingerprint density at radius 3 is 2.53 bits per heavy atom. The lowest BCUT2D eigenvalue weighted by Crippen LogP contribution is -2.05. The van der Waals surface area contributed by atoms with Crippen molar-refractivity contribution in [1.82, 2.24) is 9.55 Å². The van der Waals surface area contributed by atoms with Crippen LogP contribution >= 0.6 is 0 Å². The van der Waals surface area contributed by atoms with Crippen molar-refractivity contribution < 1.29 is 13.5 Å². The number of halogens is 2. The topological polar surface area (TPSA) is 53.1 Å². The summed E-state index contributed by atoms with van der Waals surface area (Å²) in [6, 6.07) is 2.10. The molecule has 0 saturated carbocycles. The van der Waals surface area contributed by atoms with E-state index in [9.17, 15) is 8.78 Å². The minimum absolute atomic E-state index is 0.103.